The lowest BCUT2D eigenvalue weighted by molar-refractivity contribution is 0.0776. The molecule has 7 heteroatoms. The molecule has 0 radical (unpaired) electrons. The molecule has 17 heavy (non-hydrogen) atoms. The number of oxime groups is 1. The van der Waals surface area contributed by atoms with E-state index in [2.05, 4.69) is 10.1 Å². The number of nitrogens with two attached hydrogens (primary N) is 1. The van der Waals surface area contributed by atoms with E-state index in [4.69, 9.17) is 10.9 Å². The van der Waals surface area contributed by atoms with Gasteiger partial charge in [0.25, 0.3) is 5.91 Å². The number of nitrogens with one attached hydrogen (secondary N) is 1. The van der Waals surface area contributed by atoms with Gasteiger partial charge in [-0.1, -0.05) is 5.16 Å². The van der Waals surface area contributed by atoms with Crippen molar-refractivity contribution in [1.29, 1.82) is 0 Å². The minimum absolute atomic E-state index is 0.0781. The molecule has 1 rings (SSSR count). The van der Waals surface area contributed by atoms with Gasteiger partial charge in [0, 0.05) is 24.9 Å². The zero-order chi connectivity index (χ0) is 13.0. The van der Waals surface area contributed by atoms with Crippen LogP contribution in [0.2, 0.25) is 0 Å². The highest BCUT2D eigenvalue weighted by molar-refractivity contribution is 5.97. The molecule has 0 aromatic carbocycles. The first-order valence-corrected chi connectivity index (χ1v) is 4.90. The maximum atomic E-state index is 11.9. The summed E-state index contributed by atoms with van der Waals surface area (Å²) in [7, 11) is 1.51. The zero-order valence-corrected chi connectivity index (χ0v) is 9.54. The molecule has 0 aliphatic heterocycles. The third kappa shape index (κ3) is 2.83. The van der Waals surface area contributed by atoms with E-state index in [9.17, 15) is 9.59 Å². The van der Waals surface area contributed by atoms with Crippen molar-refractivity contribution in [1.82, 2.24) is 9.88 Å². The molecule has 1 aromatic heterocycles. The summed E-state index contributed by atoms with van der Waals surface area (Å²) in [6, 6.07) is 2.11. The number of hydrogen-bond acceptors (Lipinski definition) is 4. The van der Waals surface area contributed by atoms with E-state index in [1.807, 2.05) is 0 Å². The molecule has 0 bridgehead atoms. The van der Waals surface area contributed by atoms with Crippen LogP contribution in [-0.2, 0) is 0 Å². The van der Waals surface area contributed by atoms with Gasteiger partial charge in [-0.2, -0.15) is 0 Å². The number of rotatable bonds is 3. The summed E-state index contributed by atoms with van der Waals surface area (Å²) in [5.74, 6) is -0.458. The van der Waals surface area contributed by atoms with E-state index in [1.54, 1.807) is 6.92 Å². The summed E-state index contributed by atoms with van der Waals surface area (Å²) in [4.78, 5) is 26.7. The summed E-state index contributed by atoms with van der Waals surface area (Å²) in [6.07, 6.45) is 1.39. The zero-order valence-electron chi connectivity index (χ0n) is 9.54. The van der Waals surface area contributed by atoms with Crippen LogP contribution in [0.1, 0.15) is 17.3 Å². The number of H-pyrrole nitrogens is 1. The first-order valence-electron chi connectivity index (χ1n) is 4.90. The molecule has 1 amide bonds. The Labute approximate surface area is 97.5 Å². The largest absolute Gasteiger partial charge is 0.409 e. The highest BCUT2D eigenvalue weighted by Gasteiger charge is 2.20. The number of nitrogens with zero attached hydrogens (tertiary/aromatic N) is 2. The van der Waals surface area contributed by atoms with Crippen LogP contribution >= 0.6 is 0 Å². The van der Waals surface area contributed by atoms with Crippen molar-refractivity contribution in [2.75, 3.05) is 7.05 Å². The standard InChI is InChI=1S/C10H14N4O3/c1-6(9(11)13-17)14(2)10(16)7-3-4-12-8(15)5-7/h3-6,17H,1-2H3,(H2,11,13)(H,12,15). The minimum atomic E-state index is -0.563. The van der Waals surface area contributed by atoms with Crippen LogP contribution in [-0.4, -0.2) is 39.9 Å². The fourth-order valence-corrected chi connectivity index (χ4v) is 1.24. The van der Waals surface area contributed by atoms with Crippen molar-refractivity contribution >= 4 is 11.7 Å². The van der Waals surface area contributed by atoms with E-state index >= 15 is 0 Å². The highest BCUT2D eigenvalue weighted by atomic mass is 16.4. The number of likely N-dealkylation sites (N-methyl/N-ethyl adjacent to an activating group) is 1. The van der Waals surface area contributed by atoms with Crippen LogP contribution in [0.4, 0.5) is 0 Å². The van der Waals surface area contributed by atoms with Crippen molar-refractivity contribution in [3.8, 4) is 0 Å². The maximum Gasteiger partial charge on any atom is 0.254 e. The summed E-state index contributed by atoms with van der Waals surface area (Å²) in [5, 5.41) is 11.4. The Balaban J connectivity index is 2.94. The lowest BCUT2D eigenvalue weighted by Crippen LogP contribution is -2.44. The number of amidine groups is 1. The second-order valence-electron chi connectivity index (χ2n) is 3.56. The van der Waals surface area contributed by atoms with Gasteiger partial charge in [0.1, 0.15) is 0 Å². The van der Waals surface area contributed by atoms with Crippen LogP contribution in [0.5, 0.6) is 0 Å². The quantitative estimate of drug-likeness (QED) is 0.287. The second-order valence-corrected chi connectivity index (χ2v) is 3.56. The molecular weight excluding hydrogens is 224 g/mol. The summed E-state index contributed by atoms with van der Waals surface area (Å²) in [5.41, 5.74) is 5.29. The van der Waals surface area contributed by atoms with E-state index in [1.165, 1.54) is 30.3 Å². The highest BCUT2D eigenvalue weighted by Crippen LogP contribution is 2.04. The van der Waals surface area contributed by atoms with E-state index in [-0.39, 0.29) is 22.9 Å². The molecule has 1 atom stereocenters. The average molecular weight is 238 g/mol. The van der Waals surface area contributed by atoms with Gasteiger partial charge in [0.05, 0.1) is 6.04 Å². The molecule has 1 unspecified atom stereocenters. The number of pyridine rings is 1. The normalized spacial score (nSPS) is 13.2. The number of amides is 1. The minimum Gasteiger partial charge on any atom is -0.409 e. The molecule has 0 aliphatic rings. The topological polar surface area (TPSA) is 112 Å². The number of hydrogen-bond donors (Lipinski definition) is 3. The molecule has 0 fully saturated rings. The smallest absolute Gasteiger partial charge is 0.254 e. The molecule has 1 aromatic rings. The number of carbonyl (C=O) groups is 1. The van der Waals surface area contributed by atoms with Crippen LogP contribution < -0.4 is 11.3 Å². The van der Waals surface area contributed by atoms with Crippen LogP contribution in [0.25, 0.3) is 0 Å². The van der Waals surface area contributed by atoms with Crippen molar-refractivity contribution in [3.63, 3.8) is 0 Å². The lowest BCUT2D eigenvalue weighted by Gasteiger charge is -2.23. The van der Waals surface area contributed by atoms with Crippen molar-refractivity contribution < 1.29 is 10.0 Å². The van der Waals surface area contributed by atoms with E-state index in [0.717, 1.165) is 0 Å². The Morgan fingerprint density at radius 3 is 2.82 bits per heavy atom. The van der Waals surface area contributed by atoms with Crippen LogP contribution in [0.3, 0.4) is 0 Å². The number of aromatic nitrogens is 1. The Morgan fingerprint density at radius 1 is 1.65 bits per heavy atom. The van der Waals surface area contributed by atoms with Gasteiger partial charge < -0.3 is 20.8 Å². The lowest BCUT2D eigenvalue weighted by atomic mass is 10.2. The molecule has 1 heterocycles. The molecule has 0 aliphatic carbocycles. The fourth-order valence-electron chi connectivity index (χ4n) is 1.24. The van der Waals surface area contributed by atoms with Gasteiger partial charge in [-0.05, 0) is 13.0 Å². The van der Waals surface area contributed by atoms with Gasteiger partial charge in [-0.15, -0.1) is 0 Å². The molecule has 7 nitrogen and oxygen atoms in total. The molecule has 0 spiro atoms. The predicted octanol–water partition coefficient (Wildman–Crippen LogP) is -0.418. The number of aromatic amines is 1. The SMILES string of the molecule is CC(/C(N)=N/O)N(C)C(=O)c1cc[nH]c(=O)c1. The summed E-state index contributed by atoms with van der Waals surface area (Å²) in [6.45, 7) is 1.61. The van der Waals surface area contributed by atoms with Crippen molar-refractivity contribution in [3.05, 3.63) is 34.2 Å². The Bertz CT molecular complexity index is 494. The Hall–Kier alpha value is -2.31. The van der Waals surface area contributed by atoms with Crippen LogP contribution in [0, 0.1) is 0 Å². The van der Waals surface area contributed by atoms with E-state index < -0.39 is 6.04 Å². The number of carbonyl (C=O) groups excluding carboxylic acids is 1. The van der Waals surface area contributed by atoms with Crippen LogP contribution in [0.15, 0.2) is 28.3 Å². The monoisotopic (exact) mass is 238 g/mol. The Morgan fingerprint density at radius 2 is 2.29 bits per heavy atom. The first kappa shape index (κ1) is 12.8. The van der Waals surface area contributed by atoms with Gasteiger partial charge in [0.15, 0.2) is 5.84 Å². The van der Waals surface area contributed by atoms with Gasteiger partial charge in [0.2, 0.25) is 5.56 Å². The summed E-state index contributed by atoms with van der Waals surface area (Å²) < 4.78 is 0. The molecule has 92 valence electrons. The first-order chi connectivity index (χ1) is 7.97. The Kier molecular flexibility index (Phi) is 3.86. The molecule has 0 saturated heterocycles. The predicted molar refractivity (Wildman–Crippen MR) is 62.0 cm³/mol. The summed E-state index contributed by atoms with van der Waals surface area (Å²) >= 11 is 0. The van der Waals surface area contributed by atoms with Gasteiger partial charge in [-0.3, -0.25) is 9.59 Å². The third-order valence-electron chi connectivity index (χ3n) is 2.47. The van der Waals surface area contributed by atoms with E-state index in [0.29, 0.717) is 0 Å². The van der Waals surface area contributed by atoms with Crippen molar-refractivity contribution in [2.24, 2.45) is 10.9 Å². The third-order valence-corrected chi connectivity index (χ3v) is 2.47. The second kappa shape index (κ2) is 5.15. The average Bonchev–Trinajstić information content (AvgIpc) is 2.35. The molecule has 0 saturated carbocycles. The van der Waals surface area contributed by atoms with Gasteiger partial charge in [-0.25, -0.2) is 0 Å². The fraction of sp³-hybridized carbons (Fsp3) is 0.300. The maximum absolute atomic E-state index is 11.9. The van der Waals surface area contributed by atoms with Crippen molar-refractivity contribution in [2.45, 2.75) is 13.0 Å². The molecule has 4 N–H and O–H groups in total. The van der Waals surface area contributed by atoms with Gasteiger partial charge >= 0.3 is 0 Å². The molecular formula is C10H14N4O3.